The van der Waals surface area contributed by atoms with Gasteiger partial charge >= 0.3 is 0 Å². The van der Waals surface area contributed by atoms with E-state index in [-0.39, 0.29) is 5.91 Å². The molecule has 3 N–H and O–H groups in total. The van der Waals surface area contributed by atoms with Crippen molar-refractivity contribution in [3.63, 3.8) is 0 Å². The summed E-state index contributed by atoms with van der Waals surface area (Å²) in [4.78, 5) is 21.1. The smallest absolute Gasteiger partial charge is 0.245 e. The molecular formula is C23H30ClN5O. The molecule has 30 heavy (non-hydrogen) atoms. The van der Waals surface area contributed by atoms with Crippen LogP contribution in [0.1, 0.15) is 43.5 Å². The average Bonchev–Trinajstić information content (AvgIpc) is 3.23. The van der Waals surface area contributed by atoms with Crippen molar-refractivity contribution >= 4 is 29.0 Å². The lowest BCUT2D eigenvalue weighted by molar-refractivity contribution is -0.125. The Labute approximate surface area is 183 Å². The molecule has 0 radical (unpaired) electrons. The Bertz CT molecular complexity index is 877. The summed E-state index contributed by atoms with van der Waals surface area (Å²) in [5, 5.41) is 8.75. The second-order valence-electron chi connectivity index (χ2n) is 7.52. The summed E-state index contributed by atoms with van der Waals surface area (Å²) in [6, 6.07) is 7.02. The molecule has 2 heterocycles. The number of amides is 1. The van der Waals surface area contributed by atoms with E-state index in [1.807, 2.05) is 4.90 Å². The van der Waals surface area contributed by atoms with E-state index in [1.165, 1.54) is 18.8 Å². The number of halogens is 1. The third kappa shape index (κ3) is 5.89. The van der Waals surface area contributed by atoms with E-state index in [0.29, 0.717) is 33.7 Å². The van der Waals surface area contributed by atoms with Crippen molar-refractivity contribution in [1.82, 2.24) is 14.9 Å². The highest BCUT2D eigenvalue weighted by Gasteiger charge is 2.27. The number of hydrogen-bond donors (Lipinski definition) is 2. The lowest BCUT2D eigenvalue weighted by Crippen LogP contribution is -2.27. The van der Waals surface area contributed by atoms with Gasteiger partial charge in [0.1, 0.15) is 12.1 Å². The van der Waals surface area contributed by atoms with Gasteiger partial charge in [-0.15, -0.1) is 0 Å². The molecule has 0 bridgehead atoms. The van der Waals surface area contributed by atoms with E-state index in [4.69, 9.17) is 22.7 Å². The van der Waals surface area contributed by atoms with Gasteiger partial charge in [-0.25, -0.2) is 9.97 Å². The summed E-state index contributed by atoms with van der Waals surface area (Å²) < 4.78 is 0. The van der Waals surface area contributed by atoms with Crippen LogP contribution >= 0.6 is 11.6 Å². The normalized spacial score (nSPS) is 16.4. The van der Waals surface area contributed by atoms with Gasteiger partial charge in [0, 0.05) is 23.7 Å². The monoisotopic (exact) mass is 427 g/mol. The van der Waals surface area contributed by atoms with Crippen LogP contribution in [0.15, 0.2) is 43.2 Å². The first-order valence-electron chi connectivity index (χ1n) is 10.1. The average molecular weight is 428 g/mol. The number of hydrogen-bond acceptors (Lipinski definition) is 5. The van der Waals surface area contributed by atoms with E-state index in [9.17, 15) is 4.79 Å². The van der Waals surface area contributed by atoms with Gasteiger partial charge in [-0.2, -0.15) is 0 Å². The van der Waals surface area contributed by atoms with E-state index in [1.54, 1.807) is 31.2 Å². The number of aromatic nitrogens is 2. The topological polar surface area (TPSA) is 96.0 Å². The summed E-state index contributed by atoms with van der Waals surface area (Å²) in [5.74, 6) is 1.85. The summed E-state index contributed by atoms with van der Waals surface area (Å²) in [6.45, 7) is 11.6. The third-order valence-electron chi connectivity index (χ3n) is 5.61. The van der Waals surface area contributed by atoms with Crippen LogP contribution in [0, 0.1) is 24.2 Å². The standard InChI is InChI=1S/C12H11ClN4.C11H19NO/c1-7-10(12(15)17-6-16-7)11(14)8-2-4-9(13)5-3-8;1-4-9(3)10-6-7-12(8-10)11(13)5-2/h2-6,14H,1H3,(H2,15,16,17);5,9-10H,2,4,6-8H2,1,3H3. The molecule has 1 aliphatic rings. The molecule has 1 fully saturated rings. The molecule has 7 heteroatoms. The number of carbonyl (C=O) groups is 1. The number of likely N-dealkylation sites (tertiary alicyclic amines) is 1. The third-order valence-corrected chi connectivity index (χ3v) is 5.86. The number of rotatable bonds is 5. The minimum atomic E-state index is 0.0887. The molecule has 3 rings (SSSR count). The second kappa shape index (κ2) is 10.9. The molecule has 1 aromatic carbocycles. The lowest BCUT2D eigenvalue weighted by atomic mass is 9.91. The Hall–Kier alpha value is -2.73. The fourth-order valence-corrected chi connectivity index (χ4v) is 3.60. The zero-order valence-corrected chi connectivity index (χ0v) is 18.6. The number of nitrogen functional groups attached to an aromatic ring is 1. The largest absolute Gasteiger partial charge is 0.383 e. The molecule has 1 aromatic heterocycles. The van der Waals surface area contributed by atoms with Crippen molar-refractivity contribution in [1.29, 1.82) is 5.41 Å². The molecule has 160 valence electrons. The van der Waals surface area contributed by atoms with Gasteiger partial charge in [0.05, 0.1) is 17.0 Å². The second-order valence-corrected chi connectivity index (χ2v) is 7.96. The van der Waals surface area contributed by atoms with Crippen molar-refractivity contribution in [2.24, 2.45) is 11.8 Å². The predicted molar refractivity (Wildman–Crippen MR) is 123 cm³/mol. The number of aryl methyl sites for hydroxylation is 1. The number of anilines is 1. The quantitative estimate of drug-likeness (QED) is 0.542. The maximum absolute atomic E-state index is 11.3. The first kappa shape index (κ1) is 23.5. The van der Waals surface area contributed by atoms with Gasteiger partial charge in [-0.05, 0) is 43.4 Å². The van der Waals surface area contributed by atoms with Crippen molar-refractivity contribution in [3.05, 3.63) is 65.1 Å². The molecule has 2 atom stereocenters. The van der Waals surface area contributed by atoms with Crippen LogP contribution in [-0.4, -0.2) is 39.6 Å². The fraction of sp³-hybridized carbons (Fsp3) is 0.391. The van der Waals surface area contributed by atoms with E-state index >= 15 is 0 Å². The molecule has 0 saturated carbocycles. The highest BCUT2D eigenvalue weighted by molar-refractivity contribution is 6.30. The first-order valence-corrected chi connectivity index (χ1v) is 10.5. The van der Waals surface area contributed by atoms with Crippen LogP contribution < -0.4 is 5.73 Å². The van der Waals surface area contributed by atoms with E-state index in [0.717, 1.165) is 31.0 Å². The molecule has 6 nitrogen and oxygen atoms in total. The Balaban J connectivity index is 0.000000222. The van der Waals surface area contributed by atoms with Gasteiger partial charge < -0.3 is 10.6 Å². The van der Waals surface area contributed by atoms with Gasteiger partial charge in [-0.3, -0.25) is 10.2 Å². The first-order chi connectivity index (χ1) is 14.3. The molecule has 2 unspecified atom stereocenters. The Morgan fingerprint density at radius 3 is 2.63 bits per heavy atom. The maximum Gasteiger partial charge on any atom is 0.245 e. The Morgan fingerprint density at radius 2 is 2.07 bits per heavy atom. The molecule has 0 spiro atoms. The summed E-state index contributed by atoms with van der Waals surface area (Å²) >= 11 is 5.81. The van der Waals surface area contributed by atoms with Crippen LogP contribution in [0.4, 0.5) is 5.82 Å². The SMILES string of the molecule is C=CC(=O)N1CCC(C(C)CC)C1.Cc1ncnc(N)c1C(=N)c1ccc(Cl)cc1. The number of carbonyl (C=O) groups excluding carboxylic acids is 1. The van der Waals surface area contributed by atoms with Crippen LogP contribution in [0.5, 0.6) is 0 Å². The lowest BCUT2D eigenvalue weighted by Gasteiger charge is -2.18. The van der Waals surface area contributed by atoms with Crippen molar-refractivity contribution < 1.29 is 4.79 Å². The van der Waals surface area contributed by atoms with Crippen LogP contribution in [-0.2, 0) is 4.79 Å². The Morgan fingerprint density at radius 1 is 1.40 bits per heavy atom. The number of nitrogens with zero attached hydrogens (tertiary/aromatic N) is 3. The van der Waals surface area contributed by atoms with Crippen molar-refractivity contribution in [3.8, 4) is 0 Å². The zero-order valence-electron chi connectivity index (χ0n) is 17.9. The minimum Gasteiger partial charge on any atom is -0.383 e. The highest BCUT2D eigenvalue weighted by atomic mass is 35.5. The van der Waals surface area contributed by atoms with Gasteiger partial charge in [0.15, 0.2) is 0 Å². The molecular weight excluding hydrogens is 398 g/mol. The van der Waals surface area contributed by atoms with Crippen LogP contribution in [0.3, 0.4) is 0 Å². The van der Waals surface area contributed by atoms with Gasteiger partial charge in [0.25, 0.3) is 0 Å². The summed E-state index contributed by atoms with van der Waals surface area (Å²) in [6.07, 6.45) is 5.18. The fourth-order valence-electron chi connectivity index (χ4n) is 3.48. The molecule has 0 aliphatic carbocycles. The van der Waals surface area contributed by atoms with Crippen molar-refractivity contribution in [2.75, 3.05) is 18.8 Å². The van der Waals surface area contributed by atoms with E-state index in [2.05, 4.69) is 30.4 Å². The number of nitrogens with two attached hydrogens (primary N) is 1. The van der Waals surface area contributed by atoms with Gasteiger partial charge in [0.2, 0.25) is 5.91 Å². The Kier molecular flexibility index (Phi) is 8.54. The molecule has 2 aromatic rings. The minimum absolute atomic E-state index is 0.0887. The predicted octanol–water partition coefficient (Wildman–Crippen LogP) is 4.50. The van der Waals surface area contributed by atoms with Crippen LogP contribution in [0.2, 0.25) is 5.02 Å². The number of benzene rings is 1. The van der Waals surface area contributed by atoms with Crippen molar-refractivity contribution in [2.45, 2.75) is 33.6 Å². The summed E-state index contributed by atoms with van der Waals surface area (Å²) in [7, 11) is 0. The van der Waals surface area contributed by atoms with Gasteiger partial charge in [-0.1, -0.05) is 50.6 Å². The summed E-state index contributed by atoms with van der Waals surface area (Å²) in [5.41, 5.74) is 8.07. The maximum atomic E-state index is 11.3. The highest BCUT2D eigenvalue weighted by Crippen LogP contribution is 2.26. The molecule has 1 saturated heterocycles. The molecule has 1 aliphatic heterocycles. The zero-order chi connectivity index (χ0) is 22.3. The van der Waals surface area contributed by atoms with E-state index < -0.39 is 0 Å². The van der Waals surface area contributed by atoms with Crippen LogP contribution in [0.25, 0.3) is 0 Å². The molecule has 1 amide bonds. The number of nitrogens with one attached hydrogen (secondary N) is 1.